The number of aromatic nitrogens is 2. The highest BCUT2D eigenvalue weighted by Gasteiger charge is 2.29. The molecule has 0 radical (unpaired) electrons. The van der Waals surface area contributed by atoms with Crippen molar-refractivity contribution in [3.63, 3.8) is 0 Å². The standard InChI is InChI=1S/C22H25N3O7/c1-13-7-9-14(10-8-13)16(26)12-24-20(30)18(19(29)23-11-17(27)28)21(31)25(22(24)32)15-5-3-2-4-6-15/h7-10,15,31H,2-6,11-12H2,1H3,(H,23,29)(H,27,28). The van der Waals surface area contributed by atoms with Gasteiger partial charge in [-0.15, -0.1) is 0 Å². The number of carbonyl (C=O) groups is 3. The lowest BCUT2D eigenvalue weighted by Crippen LogP contribution is -2.47. The lowest BCUT2D eigenvalue weighted by atomic mass is 9.95. The molecule has 3 rings (SSSR count). The summed E-state index contributed by atoms with van der Waals surface area (Å²) in [6.07, 6.45) is 3.70. The average Bonchev–Trinajstić information content (AvgIpc) is 2.76. The Hall–Kier alpha value is -3.69. The molecule has 10 nitrogen and oxygen atoms in total. The van der Waals surface area contributed by atoms with Gasteiger partial charge >= 0.3 is 11.7 Å². The lowest BCUT2D eigenvalue weighted by Gasteiger charge is -2.26. The first kappa shape index (κ1) is 23.0. The number of nitrogens with zero attached hydrogens (tertiary/aromatic N) is 2. The monoisotopic (exact) mass is 443 g/mol. The molecule has 1 aliphatic carbocycles. The summed E-state index contributed by atoms with van der Waals surface area (Å²) in [6, 6.07) is 6.14. The Morgan fingerprint density at radius 1 is 1.06 bits per heavy atom. The van der Waals surface area contributed by atoms with Gasteiger partial charge in [-0.2, -0.15) is 0 Å². The second-order valence-corrected chi connectivity index (χ2v) is 7.90. The highest BCUT2D eigenvalue weighted by Crippen LogP contribution is 2.30. The van der Waals surface area contributed by atoms with E-state index in [0.717, 1.165) is 29.4 Å². The molecule has 3 N–H and O–H groups in total. The first-order chi connectivity index (χ1) is 15.2. The van der Waals surface area contributed by atoms with Crippen LogP contribution >= 0.6 is 0 Å². The van der Waals surface area contributed by atoms with Crippen LogP contribution < -0.4 is 16.6 Å². The summed E-state index contributed by atoms with van der Waals surface area (Å²) in [5.41, 5.74) is -1.57. The Morgan fingerprint density at radius 3 is 2.28 bits per heavy atom. The highest BCUT2D eigenvalue weighted by atomic mass is 16.4. The molecule has 0 unspecified atom stereocenters. The van der Waals surface area contributed by atoms with E-state index in [-0.39, 0.29) is 5.56 Å². The first-order valence-corrected chi connectivity index (χ1v) is 10.4. The van der Waals surface area contributed by atoms with E-state index in [1.807, 2.05) is 12.2 Å². The van der Waals surface area contributed by atoms with Gasteiger partial charge in [0, 0.05) is 11.6 Å². The van der Waals surface area contributed by atoms with E-state index < -0.39 is 59.5 Å². The van der Waals surface area contributed by atoms with E-state index in [1.165, 1.54) is 0 Å². The van der Waals surface area contributed by atoms with Gasteiger partial charge in [0.15, 0.2) is 11.3 Å². The molecule has 1 aromatic carbocycles. The zero-order chi connectivity index (χ0) is 23.4. The number of carbonyl (C=O) groups excluding carboxylic acids is 2. The third-order valence-electron chi connectivity index (χ3n) is 5.59. The molecule has 1 amide bonds. The third kappa shape index (κ3) is 4.79. The number of benzene rings is 1. The minimum Gasteiger partial charge on any atom is -0.494 e. The van der Waals surface area contributed by atoms with Gasteiger partial charge in [0.25, 0.3) is 11.5 Å². The number of carboxylic acid groups (broad SMARTS) is 1. The van der Waals surface area contributed by atoms with Gasteiger partial charge in [-0.05, 0) is 19.8 Å². The van der Waals surface area contributed by atoms with E-state index in [2.05, 4.69) is 0 Å². The number of Topliss-reactive ketones (excluding diaryl/α,β-unsaturated/α-hetero) is 1. The second-order valence-electron chi connectivity index (χ2n) is 7.90. The summed E-state index contributed by atoms with van der Waals surface area (Å²) in [5, 5.41) is 21.5. The number of hydrogen-bond acceptors (Lipinski definition) is 6. The number of aromatic hydroxyl groups is 1. The quantitative estimate of drug-likeness (QED) is 0.545. The smallest absolute Gasteiger partial charge is 0.334 e. The number of ketones is 1. The molecule has 170 valence electrons. The highest BCUT2D eigenvalue weighted by molar-refractivity contribution is 5.98. The second kappa shape index (κ2) is 9.63. The van der Waals surface area contributed by atoms with Crippen LogP contribution in [-0.2, 0) is 11.3 Å². The van der Waals surface area contributed by atoms with Gasteiger partial charge in [-0.1, -0.05) is 49.1 Å². The number of nitrogens with one attached hydrogen (secondary N) is 1. The van der Waals surface area contributed by atoms with Gasteiger partial charge in [0.2, 0.25) is 5.88 Å². The molecule has 0 bridgehead atoms. The van der Waals surface area contributed by atoms with Crippen LogP contribution in [0.15, 0.2) is 33.9 Å². The van der Waals surface area contributed by atoms with Crippen molar-refractivity contribution in [3.8, 4) is 5.88 Å². The van der Waals surface area contributed by atoms with Crippen LogP contribution in [0.4, 0.5) is 0 Å². The largest absolute Gasteiger partial charge is 0.494 e. The Kier molecular flexibility index (Phi) is 6.92. The Labute approximate surface area is 183 Å². The Bertz CT molecular complexity index is 1160. The van der Waals surface area contributed by atoms with Crippen LogP contribution in [0.1, 0.15) is 64.4 Å². The zero-order valence-corrected chi connectivity index (χ0v) is 17.7. The van der Waals surface area contributed by atoms with Gasteiger partial charge in [-0.25, -0.2) is 4.79 Å². The average molecular weight is 443 g/mol. The fourth-order valence-corrected chi connectivity index (χ4v) is 3.88. The van der Waals surface area contributed by atoms with E-state index >= 15 is 0 Å². The van der Waals surface area contributed by atoms with Gasteiger partial charge in [0.05, 0.1) is 6.54 Å². The molecular formula is C22H25N3O7. The molecule has 0 saturated heterocycles. The minimum absolute atomic E-state index is 0.288. The van der Waals surface area contributed by atoms with Crippen molar-refractivity contribution in [2.75, 3.05) is 6.54 Å². The summed E-state index contributed by atoms with van der Waals surface area (Å²) in [6.45, 7) is 0.457. The number of hydrogen-bond donors (Lipinski definition) is 3. The Morgan fingerprint density at radius 2 is 1.69 bits per heavy atom. The summed E-state index contributed by atoms with van der Waals surface area (Å²) in [5.74, 6) is -3.79. The van der Waals surface area contributed by atoms with Crippen molar-refractivity contribution in [1.82, 2.24) is 14.5 Å². The van der Waals surface area contributed by atoms with E-state index in [4.69, 9.17) is 5.11 Å². The number of amides is 1. The summed E-state index contributed by atoms with van der Waals surface area (Å²) in [7, 11) is 0. The van der Waals surface area contributed by atoms with E-state index in [1.54, 1.807) is 24.3 Å². The molecule has 0 aliphatic heterocycles. The van der Waals surface area contributed by atoms with Crippen molar-refractivity contribution in [2.24, 2.45) is 0 Å². The maximum absolute atomic E-state index is 13.2. The molecular weight excluding hydrogens is 418 g/mol. The molecule has 1 fully saturated rings. The molecule has 2 aromatic rings. The van der Waals surface area contributed by atoms with Gasteiger partial charge in [0.1, 0.15) is 6.54 Å². The molecule has 10 heteroatoms. The van der Waals surface area contributed by atoms with Crippen LogP contribution in [0.25, 0.3) is 0 Å². The number of aliphatic carboxylic acids is 1. The number of carboxylic acids is 1. The molecule has 1 aromatic heterocycles. The predicted molar refractivity (Wildman–Crippen MR) is 114 cm³/mol. The van der Waals surface area contributed by atoms with E-state index in [0.29, 0.717) is 17.4 Å². The van der Waals surface area contributed by atoms with Crippen molar-refractivity contribution in [2.45, 2.75) is 51.6 Å². The molecule has 32 heavy (non-hydrogen) atoms. The summed E-state index contributed by atoms with van der Waals surface area (Å²) in [4.78, 5) is 62.2. The summed E-state index contributed by atoms with van der Waals surface area (Å²) < 4.78 is 1.62. The van der Waals surface area contributed by atoms with Gasteiger partial charge in [-0.3, -0.25) is 28.3 Å². The first-order valence-electron chi connectivity index (χ1n) is 10.4. The molecule has 0 spiro atoms. The van der Waals surface area contributed by atoms with Gasteiger partial charge < -0.3 is 15.5 Å². The fourth-order valence-electron chi connectivity index (χ4n) is 3.88. The van der Waals surface area contributed by atoms with Crippen molar-refractivity contribution in [1.29, 1.82) is 0 Å². The third-order valence-corrected chi connectivity index (χ3v) is 5.59. The maximum Gasteiger partial charge on any atom is 0.334 e. The van der Waals surface area contributed by atoms with E-state index in [9.17, 15) is 29.1 Å². The van der Waals surface area contributed by atoms with Crippen molar-refractivity contribution in [3.05, 3.63) is 61.8 Å². The summed E-state index contributed by atoms with van der Waals surface area (Å²) >= 11 is 0. The topological polar surface area (TPSA) is 148 Å². The minimum atomic E-state index is -1.34. The van der Waals surface area contributed by atoms with Crippen LogP contribution in [-0.4, -0.2) is 43.6 Å². The Balaban J connectivity index is 2.11. The number of aryl methyl sites for hydroxylation is 1. The SMILES string of the molecule is Cc1ccc(C(=O)Cn2c(=O)c(C(=O)NCC(=O)O)c(O)n(C3CCCCC3)c2=O)cc1. The molecule has 1 heterocycles. The normalized spacial score (nSPS) is 14.2. The molecule has 1 saturated carbocycles. The van der Waals surface area contributed by atoms with Crippen molar-refractivity contribution >= 4 is 17.7 Å². The van der Waals surface area contributed by atoms with Crippen molar-refractivity contribution < 1.29 is 24.6 Å². The predicted octanol–water partition coefficient (Wildman–Crippen LogP) is 1.23. The van der Waals surface area contributed by atoms with Crippen LogP contribution in [0.5, 0.6) is 5.88 Å². The van der Waals surface area contributed by atoms with Crippen LogP contribution in [0.3, 0.4) is 0 Å². The lowest BCUT2D eigenvalue weighted by molar-refractivity contribution is -0.135. The molecule has 1 aliphatic rings. The zero-order valence-electron chi connectivity index (χ0n) is 17.7. The fraction of sp³-hybridized carbons (Fsp3) is 0.409. The molecule has 0 atom stereocenters. The van der Waals surface area contributed by atoms with Crippen LogP contribution in [0.2, 0.25) is 0 Å². The van der Waals surface area contributed by atoms with Crippen LogP contribution in [0, 0.1) is 6.92 Å². The number of rotatable bonds is 7. The maximum atomic E-state index is 13.2.